The molecule has 0 saturated heterocycles. The minimum Gasteiger partial charge on any atom is -0.296 e. The molecule has 2 aromatic heterocycles. The first-order valence-corrected chi connectivity index (χ1v) is 4.63. The van der Waals surface area contributed by atoms with E-state index in [4.69, 9.17) is 0 Å². The minimum absolute atomic E-state index is 0.160. The molecule has 0 fully saturated rings. The van der Waals surface area contributed by atoms with Gasteiger partial charge in [-0.15, -0.1) is 0 Å². The molecule has 5 nitrogen and oxygen atoms in total. The topological polar surface area (TPSA) is 56.4 Å². The third kappa shape index (κ3) is 1.11. The first kappa shape index (κ1) is 9.14. The highest BCUT2D eigenvalue weighted by Crippen LogP contribution is 2.15. The fraction of sp³-hybridized carbons (Fsp3) is 0.125. The van der Waals surface area contributed by atoms with Gasteiger partial charge < -0.3 is 0 Å². The van der Waals surface area contributed by atoms with Gasteiger partial charge in [0, 0.05) is 19.3 Å². The van der Waals surface area contributed by atoms with Crippen molar-refractivity contribution in [2.75, 3.05) is 0 Å². The quantitative estimate of drug-likeness (QED) is 0.702. The third-order valence-electron chi connectivity index (χ3n) is 1.97. The average molecular weight is 256 g/mol. The van der Waals surface area contributed by atoms with Crippen LogP contribution in [0.2, 0.25) is 0 Å². The van der Waals surface area contributed by atoms with E-state index in [-0.39, 0.29) is 11.3 Å². The normalized spacial score (nSPS) is 10.7. The minimum atomic E-state index is -0.160. The molecule has 0 amide bonds. The number of aromatic nitrogens is 3. The van der Waals surface area contributed by atoms with Crippen molar-refractivity contribution < 1.29 is 4.79 Å². The molecule has 72 valence electrons. The van der Waals surface area contributed by atoms with Crippen LogP contribution in [0.5, 0.6) is 0 Å². The van der Waals surface area contributed by atoms with Crippen LogP contribution in [0.25, 0.3) is 5.78 Å². The van der Waals surface area contributed by atoms with Gasteiger partial charge in [0.2, 0.25) is 5.78 Å². The van der Waals surface area contributed by atoms with Crippen molar-refractivity contribution in [3.8, 4) is 0 Å². The number of fused-ring (bicyclic) bond motifs is 1. The van der Waals surface area contributed by atoms with Gasteiger partial charge >= 0.3 is 0 Å². The molecule has 0 unspecified atom stereocenters. The Morgan fingerprint density at radius 1 is 1.57 bits per heavy atom. The fourth-order valence-electron chi connectivity index (χ4n) is 1.21. The number of rotatable bonds is 1. The van der Waals surface area contributed by atoms with Crippen molar-refractivity contribution in [2.45, 2.75) is 0 Å². The summed E-state index contributed by atoms with van der Waals surface area (Å²) in [6.07, 6.45) is 2.21. The van der Waals surface area contributed by atoms with Crippen LogP contribution in [0.15, 0.2) is 21.7 Å². The van der Waals surface area contributed by atoms with E-state index in [1.165, 1.54) is 10.6 Å². The second-order valence-electron chi connectivity index (χ2n) is 2.79. The number of carbonyl (C=O) groups excluding carboxylic acids is 1. The van der Waals surface area contributed by atoms with Crippen LogP contribution in [0, 0.1) is 0 Å². The first-order valence-electron chi connectivity index (χ1n) is 3.84. The number of hydrogen-bond acceptors (Lipinski definition) is 3. The Morgan fingerprint density at radius 2 is 2.29 bits per heavy atom. The van der Waals surface area contributed by atoms with Crippen molar-refractivity contribution in [3.05, 3.63) is 32.9 Å². The van der Waals surface area contributed by atoms with Gasteiger partial charge in [0.15, 0.2) is 6.29 Å². The van der Waals surface area contributed by atoms with Gasteiger partial charge in [-0.05, 0) is 15.9 Å². The lowest BCUT2D eigenvalue weighted by molar-refractivity contribution is 0.111. The molecule has 0 aliphatic heterocycles. The molecule has 6 heteroatoms. The first-order chi connectivity index (χ1) is 6.65. The maximum Gasteiger partial charge on any atom is 0.254 e. The molecule has 0 spiro atoms. The predicted molar refractivity (Wildman–Crippen MR) is 53.5 cm³/mol. The van der Waals surface area contributed by atoms with Crippen molar-refractivity contribution in [2.24, 2.45) is 7.05 Å². The van der Waals surface area contributed by atoms with Gasteiger partial charge in [0.1, 0.15) is 10.3 Å². The van der Waals surface area contributed by atoms with E-state index in [0.717, 1.165) is 0 Å². The number of imidazole rings is 1. The largest absolute Gasteiger partial charge is 0.296 e. The van der Waals surface area contributed by atoms with E-state index in [1.54, 1.807) is 17.6 Å². The lowest BCUT2D eigenvalue weighted by atomic mass is 10.5. The van der Waals surface area contributed by atoms with Crippen molar-refractivity contribution >= 4 is 28.0 Å². The molecule has 2 heterocycles. The summed E-state index contributed by atoms with van der Waals surface area (Å²) in [5.41, 5.74) is 0.124. The monoisotopic (exact) mass is 255 g/mol. The molecule has 0 bridgehead atoms. The number of nitrogens with zero attached hydrogens (tertiary/aromatic N) is 3. The maximum atomic E-state index is 11.2. The zero-order valence-electron chi connectivity index (χ0n) is 7.27. The molecular weight excluding hydrogens is 250 g/mol. The summed E-state index contributed by atoms with van der Waals surface area (Å²) in [5.74, 6) is 0.437. The van der Waals surface area contributed by atoms with Gasteiger partial charge in [-0.1, -0.05) is 0 Å². The zero-order valence-corrected chi connectivity index (χ0v) is 8.85. The summed E-state index contributed by atoms with van der Waals surface area (Å²) >= 11 is 3.22. The van der Waals surface area contributed by atoms with Gasteiger partial charge in [0.25, 0.3) is 5.56 Å². The summed E-state index contributed by atoms with van der Waals surface area (Å²) in [7, 11) is 1.60. The second-order valence-corrected chi connectivity index (χ2v) is 3.54. The second kappa shape index (κ2) is 3.06. The molecule has 0 saturated carbocycles. The lowest BCUT2D eigenvalue weighted by Crippen LogP contribution is -2.17. The van der Waals surface area contributed by atoms with E-state index < -0.39 is 0 Å². The van der Waals surface area contributed by atoms with Gasteiger partial charge in [-0.25, -0.2) is 4.98 Å². The number of carbonyl (C=O) groups is 1. The molecule has 2 rings (SSSR count). The molecule has 0 aliphatic carbocycles. The predicted octanol–water partition coefficient (Wildman–Crippen LogP) is 0.608. The van der Waals surface area contributed by atoms with Crippen LogP contribution in [0.3, 0.4) is 0 Å². The Morgan fingerprint density at radius 3 is 2.93 bits per heavy atom. The van der Waals surface area contributed by atoms with Crippen molar-refractivity contribution in [3.63, 3.8) is 0 Å². The van der Waals surface area contributed by atoms with E-state index >= 15 is 0 Å². The number of aryl methyl sites for hydroxylation is 1. The molecular formula is C8H6BrN3O2. The van der Waals surface area contributed by atoms with Crippen LogP contribution in [0.1, 0.15) is 10.5 Å². The van der Waals surface area contributed by atoms with E-state index in [2.05, 4.69) is 20.9 Å². The maximum absolute atomic E-state index is 11.2. The van der Waals surface area contributed by atoms with Crippen LogP contribution < -0.4 is 5.56 Å². The number of aldehydes is 1. The average Bonchev–Trinajstić information content (AvgIpc) is 2.50. The summed E-state index contributed by atoms with van der Waals surface area (Å²) in [5, 5.41) is 0. The SMILES string of the molecule is Cn1c(=O)ccn2c(Br)c(C=O)nc12. The Hall–Kier alpha value is -1.43. The van der Waals surface area contributed by atoms with Crippen LogP contribution >= 0.6 is 15.9 Å². The summed E-state index contributed by atoms with van der Waals surface area (Å²) in [6.45, 7) is 0. The van der Waals surface area contributed by atoms with Gasteiger partial charge in [-0.2, -0.15) is 0 Å². The van der Waals surface area contributed by atoms with Crippen molar-refractivity contribution in [1.29, 1.82) is 0 Å². The number of halogens is 1. The van der Waals surface area contributed by atoms with E-state index in [0.29, 0.717) is 16.7 Å². The third-order valence-corrected chi connectivity index (χ3v) is 2.76. The van der Waals surface area contributed by atoms with Crippen LogP contribution in [0.4, 0.5) is 0 Å². The molecule has 2 aromatic rings. The van der Waals surface area contributed by atoms with E-state index in [9.17, 15) is 9.59 Å². The molecule has 0 atom stereocenters. The Kier molecular flexibility index (Phi) is 1.99. The van der Waals surface area contributed by atoms with Crippen LogP contribution in [-0.4, -0.2) is 20.2 Å². The highest BCUT2D eigenvalue weighted by Gasteiger charge is 2.10. The summed E-state index contributed by atoms with van der Waals surface area (Å²) in [4.78, 5) is 25.8. The number of hydrogen-bond donors (Lipinski definition) is 0. The van der Waals surface area contributed by atoms with Gasteiger partial charge in [0.05, 0.1) is 0 Å². The highest BCUT2D eigenvalue weighted by molar-refractivity contribution is 9.10. The Bertz CT molecular complexity index is 570. The fourth-order valence-corrected chi connectivity index (χ4v) is 1.67. The van der Waals surface area contributed by atoms with E-state index in [1.807, 2.05) is 0 Å². The smallest absolute Gasteiger partial charge is 0.254 e. The molecule has 0 N–H and O–H groups in total. The lowest BCUT2D eigenvalue weighted by Gasteiger charge is -1.98. The highest BCUT2D eigenvalue weighted by atomic mass is 79.9. The zero-order chi connectivity index (χ0) is 10.3. The summed E-state index contributed by atoms with van der Waals surface area (Å²) in [6, 6.07) is 1.41. The van der Waals surface area contributed by atoms with Gasteiger partial charge in [-0.3, -0.25) is 18.6 Å². The molecule has 0 radical (unpaired) electrons. The van der Waals surface area contributed by atoms with Crippen molar-refractivity contribution in [1.82, 2.24) is 14.0 Å². The molecule has 0 aromatic carbocycles. The Balaban J connectivity index is 2.99. The molecule has 0 aliphatic rings. The van der Waals surface area contributed by atoms with Crippen LogP contribution in [-0.2, 0) is 7.05 Å². The standard InChI is InChI=1S/C8H6BrN3O2/c1-11-6(14)2-3-12-7(9)5(4-13)10-8(11)12/h2-4H,1H3. The summed E-state index contributed by atoms with van der Waals surface area (Å²) < 4.78 is 3.56. The Labute approximate surface area is 87.1 Å². The molecule has 14 heavy (non-hydrogen) atoms.